The molecule has 0 unspecified atom stereocenters. The van der Waals surface area contributed by atoms with E-state index in [0.717, 1.165) is 6.54 Å². The van der Waals surface area contributed by atoms with Gasteiger partial charge in [-0.1, -0.05) is 6.42 Å². The van der Waals surface area contributed by atoms with E-state index in [1.807, 2.05) is 0 Å². The maximum atomic E-state index is 9.23. The number of nitrogens with two attached hydrogens (primary N) is 1. The second-order valence-corrected chi connectivity index (χ2v) is 3.41. The van der Waals surface area contributed by atoms with Crippen LogP contribution in [0.2, 0.25) is 0 Å². The highest BCUT2D eigenvalue weighted by Crippen LogP contribution is 2.23. The van der Waals surface area contributed by atoms with Crippen molar-refractivity contribution in [3.8, 4) is 0 Å². The SMILES string of the molecule is CN(C[C@@H](O)CN)C1CCC1. The summed E-state index contributed by atoms with van der Waals surface area (Å²) in [6.45, 7) is 1.10. The lowest BCUT2D eigenvalue weighted by molar-refractivity contribution is 0.0822. The Morgan fingerprint density at radius 1 is 1.64 bits per heavy atom. The van der Waals surface area contributed by atoms with Gasteiger partial charge in [-0.2, -0.15) is 0 Å². The Bertz CT molecular complexity index is 115. The molecule has 66 valence electrons. The van der Waals surface area contributed by atoms with E-state index < -0.39 is 0 Å². The minimum atomic E-state index is -0.347. The molecule has 3 nitrogen and oxygen atoms in total. The summed E-state index contributed by atoms with van der Waals surface area (Å²) in [5, 5.41) is 9.23. The van der Waals surface area contributed by atoms with Crippen LogP contribution in [0.15, 0.2) is 0 Å². The highest BCUT2D eigenvalue weighted by molar-refractivity contribution is 4.79. The first-order chi connectivity index (χ1) is 5.24. The first-order valence-corrected chi connectivity index (χ1v) is 4.32. The molecule has 0 bridgehead atoms. The predicted octanol–water partition coefficient (Wildman–Crippen LogP) is -0.210. The topological polar surface area (TPSA) is 49.5 Å². The van der Waals surface area contributed by atoms with Crippen molar-refractivity contribution in [1.82, 2.24) is 4.90 Å². The van der Waals surface area contributed by atoms with Crippen LogP contribution in [0.3, 0.4) is 0 Å². The van der Waals surface area contributed by atoms with Gasteiger partial charge in [-0.25, -0.2) is 0 Å². The highest BCUT2D eigenvalue weighted by atomic mass is 16.3. The number of aliphatic hydroxyl groups is 1. The van der Waals surface area contributed by atoms with E-state index in [0.29, 0.717) is 12.6 Å². The van der Waals surface area contributed by atoms with Crippen LogP contribution < -0.4 is 5.73 Å². The zero-order valence-corrected chi connectivity index (χ0v) is 7.16. The molecule has 0 aromatic heterocycles. The molecule has 0 aromatic rings. The number of hydrogen-bond donors (Lipinski definition) is 2. The normalized spacial score (nSPS) is 21.8. The van der Waals surface area contributed by atoms with Crippen molar-refractivity contribution in [2.45, 2.75) is 31.4 Å². The van der Waals surface area contributed by atoms with Crippen LogP contribution >= 0.6 is 0 Å². The fraction of sp³-hybridized carbons (Fsp3) is 1.00. The van der Waals surface area contributed by atoms with Crippen molar-refractivity contribution >= 4 is 0 Å². The summed E-state index contributed by atoms with van der Waals surface area (Å²) in [5.74, 6) is 0. The summed E-state index contributed by atoms with van der Waals surface area (Å²) in [4.78, 5) is 2.21. The van der Waals surface area contributed by atoms with Crippen molar-refractivity contribution in [2.75, 3.05) is 20.1 Å². The third-order valence-electron chi connectivity index (χ3n) is 2.47. The summed E-state index contributed by atoms with van der Waals surface area (Å²) in [7, 11) is 2.06. The standard InChI is InChI=1S/C8H18N2O/c1-10(6-8(11)5-9)7-3-2-4-7/h7-8,11H,2-6,9H2,1H3/t8-/m0/s1. The lowest BCUT2D eigenvalue weighted by Crippen LogP contribution is -2.43. The molecule has 0 heterocycles. The van der Waals surface area contributed by atoms with Crippen LogP contribution in [-0.2, 0) is 0 Å². The highest BCUT2D eigenvalue weighted by Gasteiger charge is 2.22. The third kappa shape index (κ3) is 2.43. The third-order valence-corrected chi connectivity index (χ3v) is 2.47. The van der Waals surface area contributed by atoms with Gasteiger partial charge in [-0.15, -0.1) is 0 Å². The summed E-state index contributed by atoms with van der Waals surface area (Å²) < 4.78 is 0. The van der Waals surface area contributed by atoms with E-state index in [1.165, 1.54) is 19.3 Å². The van der Waals surface area contributed by atoms with Gasteiger partial charge in [-0.3, -0.25) is 0 Å². The fourth-order valence-corrected chi connectivity index (χ4v) is 1.38. The van der Waals surface area contributed by atoms with Crippen LogP contribution in [0.1, 0.15) is 19.3 Å². The van der Waals surface area contributed by atoms with Crippen molar-refractivity contribution in [3.63, 3.8) is 0 Å². The van der Waals surface area contributed by atoms with E-state index in [1.54, 1.807) is 0 Å². The Morgan fingerprint density at radius 3 is 2.64 bits per heavy atom. The van der Waals surface area contributed by atoms with Crippen LogP contribution in [0.4, 0.5) is 0 Å². The average Bonchev–Trinajstić information content (AvgIpc) is 1.83. The fourth-order valence-electron chi connectivity index (χ4n) is 1.38. The number of nitrogens with zero attached hydrogens (tertiary/aromatic N) is 1. The minimum absolute atomic E-state index is 0.347. The predicted molar refractivity (Wildman–Crippen MR) is 45.3 cm³/mol. The Hall–Kier alpha value is -0.120. The van der Waals surface area contributed by atoms with Gasteiger partial charge in [0.2, 0.25) is 0 Å². The molecule has 0 aliphatic heterocycles. The maximum Gasteiger partial charge on any atom is 0.0789 e. The van der Waals surface area contributed by atoms with Crippen LogP contribution in [-0.4, -0.2) is 42.3 Å². The smallest absolute Gasteiger partial charge is 0.0789 e. The van der Waals surface area contributed by atoms with Gasteiger partial charge in [-0.05, 0) is 19.9 Å². The molecule has 0 spiro atoms. The van der Waals surface area contributed by atoms with Gasteiger partial charge in [0.05, 0.1) is 6.10 Å². The molecular weight excluding hydrogens is 140 g/mol. The molecule has 1 rings (SSSR count). The quantitative estimate of drug-likeness (QED) is 0.595. The van der Waals surface area contributed by atoms with Crippen molar-refractivity contribution in [3.05, 3.63) is 0 Å². The molecule has 11 heavy (non-hydrogen) atoms. The second-order valence-electron chi connectivity index (χ2n) is 3.41. The van der Waals surface area contributed by atoms with Crippen molar-refractivity contribution in [1.29, 1.82) is 0 Å². The Balaban J connectivity index is 2.13. The second kappa shape index (κ2) is 4.04. The average molecular weight is 158 g/mol. The Morgan fingerprint density at radius 2 is 2.27 bits per heavy atom. The molecule has 1 saturated carbocycles. The molecule has 3 heteroatoms. The molecule has 0 aromatic carbocycles. The largest absolute Gasteiger partial charge is 0.390 e. The first-order valence-electron chi connectivity index (χ1n) is 4.32. The molecule has 1 fully saturated rings. The van der Waals surface area contributed by atoms with Gasteiger partial charge in [0, 0.05) is 19.1 Å². The summed E-state index contributed by atoms with van der Waals surface area (Å²) in [6, 6.07) is 0.705. The summed E-state index contributed by atoms with van der Waals surface area (Å²) in [5.41, 5.74) is 5.30. The van der Waals surface area contributed by atoms with Crippen molar-refractivity contribution in [2.24, 2.45) is 5.73 Å². The lowest BCUT2D eigenvalue weighted by atomic mass is 9.92. The van der Waals surface area contributed by atoms with E-state index in [9.17, 15) is 5.11 Å². The van der Waals surface area contributed by atoms with Crippen LogP contribution in [0.25, 0.3) is 0 Å². The number of likely N-dealkylation sites (N-methyl/N-ethyl adjacent to an activating group) is 1. The number of rotatable bonds is 4. The van der Waals surface area contributed by atoms with Gasteiger partial charge < -0.3 is 15.7 Å². The van der Waals surface area contributed by atoms with Gasteiger partial charge in [0.25, 0.3) is 0 Å². The van der Waals surface area contributed by atoms with E-state index >= 15 is 0 Å². The van der Waals surface area contributed by atoms with E-state index in [-0.39, 0.29) is 6.10 Å². The van der Waals surface area contributed by atoms with Crippen LogP contribution in [0.5, 0.6) is 0 Å². The van der Waals surface area contributed by atoms with Gasteiger partial charge >= 0.3 is 0 Å². The molecular formula is C8H18N2O. The number of aliphatic hydroxyl groups excluding tert-OH is 1. The molecule has 1 aliphatic carbocycles. The Kier molecular flexibility index (Phi) is 3.30. The molecule has 1 atom stereocenters. The van der Waals surface area contributed by atoms with E-state index in [2.05, 4.69) is 11.9 Å². The van der Waals surface area contributed by atoms with Gasteiger partial charge in [0.15, 0.2) is 0 Å². The molecule has 3 N–H and O–H groups in total. The minimum Gasteiger partial charge on any atom is -0.390 e. The molecule has 0 amide bonds. The maximum absolute atomic E-state index is 9.23. The first kappa shape index (κ1) is 8.97. The van der Waals surface area contributed by atoms with Crippen LogP contribution in [0, 0.1) is 0 Å². The molecule has 0 radical (unpaired) electrons. The summed E-state index contributed by atoms with van der Waals surface area (Å²) >= 11 is 0. The molecule has 1 aliphatic rings. The molecule has 0 saturated heterocycles. The zero-order valence-electron chi connectivity index (χ0n) is 7.16. The van der Waals surface area contributed by atoms with Gasteiger partial charge in [0.1, 0.15) is 0 Å². The number of hydrogen-bond acceptors (Lipinski definition) is 3. The van der Waals surface area contributed by atoms with E-state index in [4.69, 9.17) is 5.73 Å². The monoisotopic (exact) mass is 158 g/mol. The lowest BCUT2D eigenvalue weighted by Gasteiger charge is -2.35. The zero-order chi connectivity index (χ0) is 8.27. The summed E-state index contributed by atoms with van der Waals surface area (Å²) in [6.07, 6.45) is 3.57. The Labute approximate surface area is 68.2 Å². The van der Waals surface area contributed by atoms with Crippen molar-refractivity contribution < 1.29 is 5.11 Å².